The van der Waals surface area contributed by atoms with E-state index in [1.54, 1.807) is 0 Å². The van der Waals surface area contributed by atoms with Crippen molar-refractivity contribution in [2.24, 2.45) is 5.92 Å². The topological polar surface area (TPSA) is 21.3 Å². The average molecular weight is 233 g/mol. The van der Waals surface area contributed by atoms with Crippen LogP contribution in [0.5, 0.6) is 5.75 Å². The fourth-order valence-corrected chi connectivity index (χ4v) is 2.63. The summed E-state index contributed by atoms with van der Waals surface area (Å²) in [6, 6.07) is 8.52. The molecule has 1 aliphatic rings. The summed E-state index contributed by atoms with van der Waals surface area (Å²) in [5.74, 6) is 2.56. The molecule has 2 atom stereocenters. The van der Waals surface area contributed by atoms with Crippen molar-refractivity contribution in [1.29, 1.82) is 0 Å². The third kappa shape index (κ3) is 2.81. The molecule has 0 radical (unpaired) electrons. The van der Waals surface area contributed by atoms with Gasteiger partial charge in [-0.1, -0.05) is 25.1 Å². The summed E-state index contributed by atoms with van der Waals surface area (Å²) in [5, 5.41) is 3.46. The van der Waals surface area contributed by atoms with Crippen LogP contribution < -0.4 is 10.1 Å². The Labute approximate surface area is 104 Å². The Morgan fingerprint density at radius 3 is 2.71 bits per heavy atom. The van der Waals surface area contributed by atoms with Gasteiger partial charge in [0.15, 0.2) is 0 Å². The van der Waals surface area contributed by atoms with Crippen molar-refractivity contribution >= 4 is 0 Å². The van der Waals surface area contributed by atoms with Gasteiger partial charge in [0.05, 0.1) is 6.61 Å². The molecule has 1 aromatic rings. The molecular weight excluding hydrogens is 210 g/mol. The number of nitrogens with one attached hydrogen (secondary N) is 1. The standard InChI is InChI=1S/C15H23NO/c1-3-16-11-12-9-10-13(12)14-7-5-6-8-15(14)17-4-2/h5-8,12-13,16H,3-4,9-11H2,1-2H3. The van der Waals surface area contributed by atoms with Crippen molar-refractivity contribution < 1.29 is 4.74 Å². The lowest BCUT2D eigenvalue weighted by molar-refractivity contribution is 0.237. The molecule has 1 saturated carbocycles. The van der Waals surface area contributed by atoms with Gasteiger partial charge < -0.3 is 10.1 Å². The molecule has 0 aromatic heterocycles. The lowest BCUT2D eigenvalue weighted by atomic mass is 9.69. The van der Waals surface area contributed by atoms with Crippen LogP contribution in [0.3, 0.4) is 0 Å². The molecule has 17 heavy (non-hydrogen) atoms. The monoisotopic (exact) mass is 233 g/mol. The second-order valence-corrected chi connectivity index (χ2v) is 4.72. The largest absolute Gasteiger partial charge is 0.494 e. The highest BCUT2D eigenvalue weighted by atomic mass is 16.5. The highest BCUT2D eigenvalue weighted by Crippen LogP contribution is 2.45. The Balaban J connectivity index is 2.06. The quantitative estimate of drug-likeness (QED) is 0.814. The summed E-state index contributed by atoms with van der Waals surface area (Å²) < 4.78 is 5.73. The first kappa shape index (κ1) is 12.4. The zero-order chi connectivity index (χ0) is 12.1. The molecule has 0 amide bonds. The molecule has 2 unspecified atom stereocenters. The maximum Gasteiger partial charge on any atom is 0.122 e. The van der Waals surface area contributed by atoms with E-state index < -0.39 is 0 Å². The number of ether oxygens (including phenoxy) is 1. The Morgan fingerprint density at radius 1 is 1.24 bits per heavy atom. The average Bonchev–Trinajstić information content (AvgIpc) is 2.31. The summed E-state index contributed by atoms with van der Waals surface area (Å²) in [5.41, 5.74) is 1.41. The van der Waals surface area contributed by atoms with E-state index in [-0.39, 0.29) is 0 Å². The van der Waals surface area contributed by atoms with Gasteiger partial charge in [-0.2, -0.15) is 0 Å². The fourth-order valence-electron chi connectivity index (χ4n) is 2.63. The minimum absolute atomic E-state index is 0.691. The highest BCUT2D eigenvalue weighted by Gasteiger charge is 2.33. The maximum absolute atomic E-state index is 5.73. The smallest absolute Gasteiger partial charge is 0.122 e. The molecule has 0 aliphatic heterocycles. The van der Waals surface area contributed by atoms with Gasteiger partial charge in [-0.05, 0) is 56.3 Å². The first-order valence-corrected chi connectivity index (χ1v) is 6.79. The van der Waals surface area contributed by atoms with E-state index in [9.17, 15) is 0 Å². The molecule has 2 heteroatoms. The Hall–Kier alpha value is -1.02. The van der Waals surface area contributed by atoms with Gasteiger partial charge in [0.1, 0.15) is 5.75 Å². The van der Waals surface area contributed by atoms with Crippen LogP contribution in [0, 0.1) is 5.92 Å². The van der Waals surface area contributed by atoms with Crippen LogP contribution in [-0.2, 0) is 0 Å². The minimum atomic E-state index is 0.691. The van der Waals surface area contributed by atoms with Crippen LogP contribution in [-0.4, -0.2) is 19.7 Å². The molecule has 1 fully saturated rings. The van der Waals surface area contributed by atoms with Gasteiger partial charge in [0.25, 0.3) is 0 Å². The van der Waals surface area contributed by atoms with Gasteiger partial charge in [0, 0.05) is 0 Å². The molecule has 1 aliphatic carbocycles. The number of rotatable bonds is 6. The Bertz CT molecular complexity index is 351. The molecule has 1 aromatic carbocycles. The number of hydrogen-bond acceptors (Lipinski definition) is 2. The van der Waals surface area contributed by atoms with Gasteiger partial charge >= 0.3 is 0 Å². The molecule has 2 nitrogen and oxygen atoms in total. The van der Waals surface area contributed by atoms with Crippen LogP contribution >= 0.6 is 0 Å². The molecule has 2 rings (SSSR count). The predicted molar refractivity (Wildman–Crippen MR) is 71.6 cm³/mol. The second-order valence-electron chi connectivity index (χ2n) is 4.72. The Morgan fingerprint density at radius 2 is 2.06 bits per heavy atom. The number of hydrogen-bond donors (Lipinski definition) is 1. The first-order valence-electron chi connectivity index (χ1n) is 6.79. The van der Waals surface area contributed by atoms with Gasteiger partial charge in [-0.25, -0.2) is 0 Å². The van der Waals surface area contributed by atoms with E-state index >= 15 is 0 Å². The highest BCUT2D eigenvalue weighted by molar-refractivity contribution is 5.38. The van der Waals surface area contributed by atoms with Gasteiger partial charge in [-0.15, -0.1) is 0 Å². The van der Waals surface area contributed by atoms with Gasteiger partial charge in [-0.3, -0.25) is 0 Å². The Kier molecular flexibility index (Phi) is 4.43. The zero-order valence-electron chi connectivity index (χ0n) is 10.9. The number of para-hydroxylation sites is 1. The van der Waals surface area contributed by atoms with E-state index in [4.69, 9.17) is 4.74 Å². The SMILES string of the molecule is CCNCC1CCC1c1ccccc1OCC. The number of benzene rings is 1. The molecule has 0 saturated heterocycles. The van der Waals surface area contributed by atoms with Gasteiger partial charge in [0.2, 0.25) is 0 Å². The van der Waals surface area contributed by atoms with Crippen molar-refractivity contribution in [3.63, 3.8) is 0 Å². The molecule has 94 valence electrons. The first-order chi connectivity index (χ1) is 8.36. The second kappa shape index (κ2) is 6.06. The zero-order valence-corrected chi connectivity index (χ0v) is 10.9. The molecular formula is C15H23NO. The van der Waals surface area contributed by atoms with Crippen LogP contribution in [0.1, 0.15) is 38.2 Å². The fraction of sp³-hybridized carbons (Fsp3) is 0.600. The maximum atomic E-state index is 5.73. The third-order valence-corrected chi connectivity index (χ3v) is 3.69. The molecule has 0 heterocycles. The van der Waals surface area contributed by atoms with Crippen molar-refractivity contribution in [1.82, 2.24) is 5.32 Å². The van der Waals surface area contributed by atoms with Crippen LogP contribution in [0.2, 0.25) is 0 Å². The lowest BCUT2D eigenvalue weighted by Crippen LogP contribution is -2.34. The van der Waals surface area contributed by atoms with Crippen LogP contribution in [0.25, 0.3) is 0 Å². The summed E-state index contributed by atoms with van der Waals surface area (Å²) in [6.07, 6.45) is 2.65. The van der Waals surface area contributed by atoms with Crippen molar-refractivity contribution in [3.05, 3.63) is 29.8 Å². The lowest BCUT2D eigenvalue weighted by Gasteiger charge is -2.38. The minimum Gasteiger partial charge on any atom is -0.494 e. The summed E-state index contributed by atoms with van der Waals surface area (Å²) in [4.78, 5) is 0. The molecule has 0 spiro atoms. The molecule has 0 bridgehead atoms. The van der Waals surface area contributed by atoms with Crippen molar-refractivity contribution in [3.8, 4) is 5.75 Å². The van der Waals surface area contributed by atoms with E-state index in [1.165, 1.54) is 18.4 Å². The van der Waals surface area contributed by atoms with E-state index in [1.807, 2.05) is 6.92 Å². The third-order valence-electron chi connectivity index (χ3n) is 3.69. The van der Waals surface area contributed by atoms with Crippen molar-refractivity contribution in [2.75, 3.05) is 19.7 Å². The summed E-state index contributed by atoms with van der Waals surface area (Å²) in [6.45, 7) is 7.18. The summed E-state index contributed by atoms with van der Waals surface area (Å²) in [7, 11) is 0. The van der Waals surface area contributed by atoms with Crippen LogP contribution in [0.4, 0.5) is 0 Å². The predicted octanol–water partition coefficient (Wildman–Crippen LogP) is 3.19. The van der Waals surface area contributed by atoms with E-state index in [0.29, 0.717) is 5.92 Å². The van der Waals surface area contributed by atoms with Crippen molar-refractivity contribution in [2.45, 2.75) is 32.6 Å². The molecule has 1 N–H and O–H groups in total. The van der Waals surface area contributed by atoms with E-state index in [2.05, 4.69) is 36.5 Å². The normalized spacial score (nSPS) is 23.2. The van der Waals surface area contributed by atoms with E-state index in [0.717, 1.165) is 31.4 Å². The summed E-state index contributed by atoms with van der Waals surface area (Å²) >= 11 is 0. The van der Waals surface area contributed by atoms with Crippen LogP contribution in [0.15, 0.2) is 24.3 Å².